The summed E-state index contributed by atoms with van der Waals surface area (Å²) in [5.41, 5.74) is 1.74. The Morgan fingerprint density at radius 1 is 1.38 bits per heavy atom. The molecule has 0 saturated heterocycles. The molecule has 0 heterocycles. The minimum Gasteiger partial charge on any atom is -0.0843 e. The van der Waals surface area contributed by atoms with E-state index in [0.717, 1.165) is 3.92 Å². The van der Waals surface area contributed by atoms with Crippen LogP contribution in [0.5, 0.6) is 0 Å². The molecule has 0 fully saturated rings. The lowest BCUT2D eigenvalue weighted by Crippen LogP contribution is -2.03. The summed E-state index contributed by atoms with van der Waals surface area (Å²) in [5.74, 6) is 0. The lowest BCUT2D eigenvalue weighted by molar-refractivity contribution is 0.631. The Morgan fingerprint density at radius 3 is 2.85 bits per heavy atom. The van der Waals surface area contributed by atoms with Crippen molar-refractivity contribution in [1.29, 1.82) is 0 Å². The molecule has 0 saturated carbocycles. The van der Waals surface area contributed by atoms with Gasteiger partial charge in [0.2, 0.25) is 0 Å². The summed E-state index contributed by atoms with van der Waals surface area (Å²) >= 11 is 2.57. The highest BCUT2D eigenvalue weighted by Crippen LogP contribution is 2.26. The molecular formula is C12H21I. The van der Waals surface area contributed by atoms with Crippen LogP contribution in [0, 0.1) is 0 Å². The lowest BCUT2D eigenvalue weighted by Gasteiger charge is -2.16. The van der Waals surface area contributed by atoms with Crippen molar-refractivity contribution in [3.63, 3.8) is 0 Å². The van der Waals surface area contributed by atoms with Crippen LogP contribution in [0.2, 0.25) is 0 Å². The average molecular weight is 292 g/mol. The van der Waals surface area contributed by atoms with Crippen LogP contribution in [-0.2, 0) is 0 Å². The Labute approximate surface area is 96.3 Å². The lowest BCUT2D eigenvalue weighted by atomic mass is 9.95. The van der Waals surface area contributed by atoms with Gasteiger partial charge in [0.15, 0.2) is 0 Å². The number of rotatable bonds is 5. The fourth-order valence-electron chi connectivity index (χ4n) is 1.86. The Hall–Kier alpha value is 0.470. The summed E-state index contributed by atoms with van der Waals surface area (Å²) in [7, 11) is 0. The van der Waals surface area contributed by atoms with Crippen molar-refractivity contribution in [2.45, 2.75) is 62.2 Å². The van der Waals surface area contributed by atoms with Crippen molar-refractivity contribution >= 4 is 22.6 Å². The first-order valence-electron chi connectivity index (χ1n) is 5.65. The van der Waals surface area contributed by atoms with E-state index in [0.29, 0.717) is 0 Å². The van der Waals surface area contributed by atoms with E-state index in [1.54, 1.807) is 5.57 Å². The van der Waals surface area contributed by atoms with Crippen LogP contribution < -0.4 is 0 Å². The van der Waals surface area contributed by atoms with E-state index < -0.39 is 0 Å². The van der Waals surface area contributed by atoms with Crippen molar-refractivity contribution in [2.75, 3.05) is 0 Å². The third-order valence-electron chi connectivity index (χ3n) is 2.79. The van der Waals surface area contributed by atoms with Crippen LogP contribution in [0.3, 0.4) is 0 Å². The van der Waals surface area contributed by atoms with E-state index in [2.05, 4.69) is 35.6 Å². The summed E-state index contributed by atoms with van der Waals surface area (Å²) in [6, 6.07) is 0. The van der Waals surface area contributed by atoms with Gasteiger partial charge >= 0.3 is 0 Å². The summed E-state index contributed by atoms with van der Waals surface area (Å²) in [6.07, 6.45) is 13.6. The second-order valence-electron chi connectivity index (χ2n) is 4.04. The second kappa shape index (κ2) is 6.86. The van der Waals surface area contributed by atoms with Crippen molar-refractivity contribution in [1.82, 2.24) is 0 Å². The molecule has 0 spiro atoms. The average Bonchev–Trinajstić information content (AvgIpc) is 2.15. The van der Waals surface area contributed by atoms with Crippen LogP contribution in [0.25, 0.3) is 0 Å². The summed E-state index contributed by atoms with van der Waals surface area (Å²) in [5, 5.41) is 0. The molecule has 0 radical (unpaired) electrons. The van der Waals surface area contributed by atoms with Gasteiger partial charge < -0.3 is 0 Å². The van der Waals surface area contributed by atoms with Gasteiger partial charge in [-0.05, 0) is 32.1 Å². The first kappa shape index (κ1) is 11.5. The maximum atomic E-state index is 2.57. The van der Waals surface area contributed by atoms with Gasteiger partial charge in [0.05, 0.1) is 0 Å². The third-order valence-corrected chi connectivity index (χ3v) is 3.92. The predicted octanol–water partition coefficient (Wildman–Crippen LogP) is 4.87. The summed E-state index contributed by atoms with van der Waals surface area (Å²) in [6.45, 7) is 2.28. The van der Waals surface area contributed by atoms with E-state index in [1.807, 2.05) is 0 Å². The Balaban J connectivity index is 2.08. The summed E-state index contributed by atoms with van der Waals surface area (Å²) in [4.78, 5) is 0. The zero-order valence-electron chi connectivity index (χ0n) is 8.69. The topological polar surface area (TPSA) is 0 Å². The van der Waals surface area contributed by atoms with Crippen LogP contribution in [0.4, 0.5) is 0 Å². The zero-order chi connectivity index (χ0) is 9.52. The largest absolute Gasteiger partial charge is 0.0843 e. The highest BCUT2D eigenvalue weighted by molar-refractivity contribution is 14.1. The number of allylic oxidation sites excluding steroid dienone is 2. The highest BCUT2D eigenvalue weighted by Gasteiger charge is 2.10. The second-order valence-corrected chi connectivity index (χ2v) is 5.81. The van der Waals surface area contributed by atoms with Gasteiger partial charge in [0.25, 0.3) is 0 Å². The zero-order valence-corrected chi connectivity index (χ0v) is 10.8. The Bertz CT molecular complexity index is 161. The van der Waals surface area contributed by atoms with Crippen LogP contribution in [0.15, 0.2) is 11.6 Å². The normalized spacial score (nSPS) is 22.9. The molecule has 0 N–H and O–H groups in total. The molecule has 0 aromatic heterocycles. The monoisotopic (exact) mass is 292 g/mol. The minimum atomic E-state index is 0.914. The Kier molecular flexibility index (Phi) is 6.09. The van der Waals surface area contributed by atoms with Gasteiger partial charge in [-0.2, -0.15) is 0 Å². The number of unbranched alkanes of at least 4 members (excludes halogenated alkanes) is 3. The molecule has 0 aromatic rings. The molecule has 0 bridgehead atoms. The Morgan fingerprint density at radius 2 is 2.23 bits per heavy atom. The van der Waals surface area contributed by atoms with E-state index >= 15 is 0 Å². The van der Waals surface area contributed by atoms with Crippen LogP contribution in [0.1, 0.15) is 58.3 Å². The van der Waals surface area contributed by atoms with Crippen LogP contribution >= 0.6 is 22.6 Å². The van der Waals surface area contributed by atoms with Gasteiger partial charge in [0.1, 0.15) is 0 Å². The molecular weight excluding hydrogens is 271 g/mol. The SMILES string of the molecule is CCCCCCC1=CCC(I)CC1. The van der Waals surface area contributed by atoms with Gasteiger partial charge in [0, 0.05) is 3.92 Å². The molecule has 0 aromatic carbocycles. The molecule has 0 nitrogen and oxygen atoms in total. The van der Waals surface area contributed by atoms with E-state index in [1.165, 1.54) is 51.4 Å². The smallest absolute Gasteiger partial charge is 0.0147 e. The molecule has 76 valence electrons. The number of alkyl halides is 1. The van der Waals surface area contributed by atoms with Gasteiger partial charge in [-0.1, -0.05) is 60.4 Å². The number of hydrogen-bond acceptors (Lipinski definition) is 0. The summed E-state index contributed by atoms with van der Waals surface area (Å²) < 4.78 is 0.914. The molecule has 1 heteroatoms. The van der Waals surface area contributed by atoms with Gasteiger partial charge in [-0.3, -0.25) is 0 Å². The van der Waals surface area contributed by atoms with E-state index in [4.69, 9.17) is 0 Å². The highest BCUT2D eigenvalue weighted by atomic mass is 127. The van der Waals surface area contributed by atoms with Crippen molar-refractivity contribution in [3.05, 3.63) is 11.6 Å². The van der Waals surface area contributed by atoms with Crippen molar-refractivity contribution < 1.29 is 0 Å². The molecule has 1 atom stereocenters. The molecule has 1 unspecified atom stereocenters. The van der Waals surface area contributed by atoms with Crippen LogP contribution in [-0.4, -0.2) is 3.92 Å². The quantitative estimate of drug-likeness (QED) is 0.293. The van der Waals surface area contributed by atoms with Gasteiger partial charge in [-0.25, -0.2) is 0 Å². The fraction of sp³-hybridized carbons (Fsp3) is 0.833. The molecule has 0 aliphatic heterocycles. The molecule has 1 aliphatic rings. The van der Waals surface area contributed by atoms with Gasteiger partial charge in [-0.15, -0.1) is 0 Å². The first-order valence-corrected chi connectivity index (χ1v) is 6.89. The minimum absolute atomic E-state index is 0.914. The molecule has 1 rings (SSSR count). The number of hydrogen-bond donors (Lipinski definition) is 0. The maximum Gasteiger partial charge on any atom is 0.0147 e. The molecule has 13 heavy (non-hydrogen) atoms. The van der Waals surface area contributed by atoms with E-state index in [-0.39, 0.29) is 0 Å². The van der Waals surface area contributed by atoms with Crippen molar-refractivity contribution in [2.24, 2.45) is 0 Å². The van der Waals surface area contributed by atoms with E-state index in [9.17, 15) is 0 Å². The third kappa shape index (κ3) is 5.04. The predicted molar refractivity (Wildman–Crippen MR) is 68.5 cm³/mol. The first-order chi connectivity index (χ1) is 6.33. The molecule has 1 aliphatic carbocycles. The standard InChI is InChI=1S/C12H21I/c1-2-3-4-5-6-11-7-9-12(13)10-8-11/h7,12H,2-6,8-10H2,1H3. The van der Waals surface area contributed by atoms with Crippen molar-refractivity contribution in [3.8, 4) is 0 Å². The number of halogens is 1. The fourth-order valence-corrected chi connectivity index (χ4v) is 2.43. The molecule has 0 amide bonds. The maximum absolute atomic E-state index is 2.57.